The first-order chi connectivity index (χ1) is 23.7. The van der Waals surface area contributed by atoms with Gasteiger partial charge in [-0.1, -0.05) is 17.7 Å². The number of anilines is 2. The van der Waals surface area contributed by atoms with Gasteiger partial charge in [-0.05, 0) is 37.1 Å². The minimum absolute atomic E-state index is 0.000520. The van der Waals surface area contributed by atoms with Crippen LogP contribution < -0.4 is 15.4 Å². The summed E-state index contributed by atoms with van der Waals surface area (Å²) in [5.41, 5.74) is 5.63. The number of hydrogen-bond donors (Lipinski definition) is 1. The van der Waals surface area contributed by atoms with Crippen LogP contribution in [-0.2, 0) is 0 Å². The van der Waals surface area contributed by atoms with Crippen LogP contribution in [0.1, 0.15) is 24.8 Å². The lowest BCUT2D eigenvalue weighted by Gasteiger charge is -2.36. The van der Waals surface area contributed by atoms with Crippen LogP contribution in [0, 0.1) is 23.0 Å². The van der Waals surface area contributed by atoms with Gasteiger partial charge in [0.1, 0.15) is 47.3 Å². The third-order valence-corrected chi connectivity index (χ3v) is 11.2. The van der Waals surface area contributed by atoms with Gasteiger partial charge in [0.05, 0.1) is 20.8 Å². The number of piperazine rings is 1. The molecule has 3 aliphatic heterocycles. The van der Waals surface area contributed by atoms with E-state index in [9.17, 15) is 18.8 Å². The number of alkyl halides is 1. The van der Waals surface area contributed by atoms with E-state index in [0.717, 1.165) is 30.7 Å². The lowest BCUT2D eigenvalue weighted by Crippen LogP contribution is -2.50. The Hall–Kier alpha value is -4.65. The van der Waals surface area contributed by atoms with E-state index in [1.807, 2.05) is 11.0 Å². The smallest absolute Gasteiger partial charge is 0.329 e. The number of aromatic nitrogens is 4. The molecule has 3 saturated heterocycles. The van der Waals surface area contributed by atoms with Crippen molar-refractivity contribution < 1.29 is 22.7 Å². The summed E-state index contributed by atoms with van der Waals surface area (Å²) in [5, 5.41) is 10.4. The number of nitriles is 1. The summed E-state index contributed by atoms with van der Waals surface area (Å²) in [4.78, 5) is 31.9. The Labute approximate surface area is 287 Å². The van der Waals surface area contributed by atoms with E-state index in [2.05, 4.69) is 14.9 Å². The highest BCUT2D eigenvalue weighted by atomic mass is 35.5. The minimum atomic E-state index is -0.961. The molecule has 2 atom stereocenters. The lowest BCUT2D eigenvalue weighted by atomic mass is 9.95. The maximum Gasteiger partial charge on any atom is 0.329 e. The van der Waals surface area contributed by atoms with Crippen LogP contribution in [-0.4, -0.2) is 92.9 Å². The molecule has 1 amide bonds. The molecule has 2 N–H and O–H groups in total. The SMILES string of the molecule is N#Cc1c(N)sc2c(F)ccc(-c3c(Cl)cc4c(N5CCN(C(=O)n6ccnc6)CC5)nc(OC[C@@]56CCCN5C[C@H](F)C6)nc4c3F)c12. The number of ether oxygens (including phenoxy) is 1. The van der Waals surface area contributed by atoms with Crippen LogP contribution in [0.3, 0.4) is 0 Å². The van der Waals surface area contributed by atoms with Gasteiger partial charge < -0.3 is 20.3 Å². The van der Waals surface area contributed by atoms with Crippen LogP contribution in [0.5, 0.6) is 6.01 Å². The number of hydrogen-bond acceptors (Lipinski definition) is 10. The number of fused-ring (bicyclic) bond motifs is 3. The number of thiophene rings is 1. The average molecular weight is 708 g/mol. The molecule has 3 aliphatic rings. The molecule has 0 radical (unpaired) electrons. The van der Waals surface area contributed by atoms with E-state index in [4.69, 9.17) is 27.1 Å². The number of nitrogens with two attached hydrogens (primary N) is 1. The number of nitrogen functional groups attached to an aromatic ring is 1. The number of imidazole rings is 1. The second-order valence-electron chi connectivity index (χ2n) is 12.6. The second kappa shape index (κ2) is 12.0. The van der Waals surface area contributed by atoms with E-state index in [1.165, 1.54) is 29.2 Å². The van der Waals surface area contributed by atoms with Crippen molar-refractivity contribution in [3.05, 3.63) is 59.1 Å². The van der Waals surface area contributed by atoms with Crippen LogP contribution in [0.2, 0.25) is 5.02 Å². The highest BCUT2D eigenvalue weighted by Gasteiger charge is 2.49. The van der Waals surface area contributed by atoms with Gasteiger partial charge in [0.15, 0.2) is 5.82 Å². The topological polar surface area (TPSA) is 129 Å². The summed E-state index contributed by atoms with van der Waals surface area (Å²) in [5.74, 6) is -1.04. The third kappa shape index (κ3) is 5.20. The quantitative estimate of drug-likeness (QED) is 0.240. The molecule has 8 rings (SSSR count). The summed E-state index contributed by atoms with van der Waals surface area (Å²) < 4.78 is 54.1. The highest BCUT2D eigenvalue weighted by molar-refractivity contribution is 7.23. The van der Waals surface area contributed by atoms with Gasteiger partial charge in [-0.15, -0.1) is 11.3 Å². The van der Waals surface area contributed by atoms with E-state index in [0.29, 0.717) is 50.3 Å². The van der Waals surface area contributed by atoms with Crippen molar-refractivity contribution >= 4 is 60.8 Å². The molecule has 2 aromatic carbocycles. The monoisotopic (exact) mass is 707 g/mol. The molecular formula is C33H29ClF3N9O2S. The first-order valence-electron chi connectivity index (χ1n) is 15.8. The van der Waals surface area contributed by atoms with E-state index in [1.54, 1.807) is 17.2 Å². The number of nitrogens with zero attached hydrogens (tertiary/aromatic N) is 8. The number of benzene rings is 2. The van der Waals surface area contributed by atoms with Crippen molar-refractivity contribution in [1.29, 1.82) is 5.26 Å². The maximum absolute atomic E-state index is 17.0. The second-order valence-corrected chi connectivity index (χ2v) is 14.1. The molecule has 0 aliphatic carbocycles. The Morgan fingerprint density at radius 1 is 1.20 bits per heavy atom. The van der Waals surface area contributed by atoms with Crippen LogP contribution in [0.25, 0.3) is 32.1 Å². The molecule has 5 aromatic rings. The first kappa shape index (κ1) is 31.6. The average Bonchev–Trinajstić information content (AvgIpc) is 3.88. The largest absolute Gasteiger partial charge is 0.461 e. The molecule has 49 heavy (non-hydrogen) atoms. The molecule has 0 bridgehead atoms. The Morgan fingerprint density at radius 2 is 2.02 bits per heavy atom. The lowest BCUT2D eigenvalue weighted by molar-refractivity contribution is 0.107. The maximum atomic E-state index is 17.0. The molecule has 0 saturated carbocycles. The van der Waals surface area contributed by atoms with Gasteiger partial charge in [0.2, 0.25) is 0 Å². The van der Waals surface area contributed by atoms with E-state index in [-0.39, 0.29) is 61.0 Å². The molecular weight excluding hydrogens is 679 g/mol. The Balaban J connectivity index is 1.22. The summed E-state index contributed by atoms with van der Waals surface area (Å²) in [6, 6.07) is 5.82. The molecule has 11 nitrogen and oxygen atoms in total. The standard InChI is InChI=1S/C33H29ClF3N9O2S/c34-22-12-20-27(26(37)25(22)19-2-3-23(36)28-24(19)21(14-38)29(39)49-28)41-31(48-16-33-4-1-6-46(33)15-18(35)13-33)42-30(20)43-8-10-44(11-9-43)32(47)45-7-5-40-17-45/h2-3,5,7,12,17-18H,1,4,6,8-11,13,15-16,39H2/t18-,33+/m1/s1. The summed E-state index contributed by atoms with van der Waals surface area (Å²) in [7, 11) is 0. The molecule has 3 fully saturated rings. The molecule has 252 valence electrons. The van der Waals surface area contributed by atoms with Gasteiger partial charge >= 0.3 is 12.0 Å². The number of amides is 1. The fraction of sp³-hybridized carbons (Fsp3) is 0.364. The first-order valence-corrected chi connectivity index (χ1v) is 17.0. The predicted molar refractivity (Wildman–Crippen MR) is 180 cm³/mol. The summed E-state index contributed by atoms with van der Waals surface area (Å²) in [6.45, 7) is 2.69. The molecule has 0 unspecified atom stereocenters. The molecule has 6 heterocycles. The number of rotatable bonds is 5. The van der Waals surface area contributed by atoms with Crippen molar-refractivity contribution in [3.8, 4) is 23.2 Å². The van der Waals surface area contributed by atoms with Gasteiger partial charge in [-0.3, -0.25) is 9.47 Å². The van der Waals surface area contributed by atoms with Crippen LogP contribution in [0.4, 0.5) is 28.8 Å². The summed E-state index contributed by atoms with van der Waals surface area (Å²) in [6.07, 6.45) is 5.61. The molecule has 3 aromatic heterocycles. The van der Waals surface area contributed by atoms with Crippen LogP contribution in [0.15, 0.2) is 36.9 Å². The van der Waals surface area contributed by atoms with Crippen molar-refractivity contribution in [1.82, 2.24) is 29.3 Å². The number of carbonyl (C=O) groups is 1. The van der Waals surface area contributed by atoms with E-state index >= 15 is 4.39 Å². The normalized spacial score (nSPS) is 21.1. The van der Waals surface area contributed by atoms with Gasteiger partial charge in [0.25, 0.3) is 0 Å². The fourth-order valence-electron chi connectivity index (χ4n) is 7.51. The number of carbonyl (C=O) groups excluding carboxylic acids is 1. The zero-order valence-corrected chi connectivity index (χ0v) is 27.6. The Morgan fingerprint density at radius 3 is 2.78 bits per heavy atom. The number of halogens is 4. The van der Waals surface area contributed by atoms with Gasteiger partial charge in [-0.2, -0.15) is 15.2 Å². The third-order valence-electron chi connectivity index (χ3n) is 9.85. The zero-order valence-electron chi connectivity index (χ0n) is 26.0. The Kier molecular flexibility index (Phi) is 7.77. The van der Waals surface area contributed by atoms with E-state index < -0.39 is 23.3 Å². The summed E-state index contributed by atoms with van der Waals surface area (Å²) >= 11 is 7.73. The highest BCUT2D eigenvalue weighted by Crippen LogP contribution is 2.46. The van der Waals surface area contributed by atoms with Crippen molar-refractivity contribution in [2.24, 2.45) is 0 Å². The van der Waals surface area contributed by atoms with Gasteiger partial charge in [-0.25, -0.2) is 22.9 Å². The molecule has 0 spiro atoms. The minimum Gasteiger partial charge on any atom is -0.461 e. The van der Waals surface area contributed by atoms with Crippen molar-refractivity contribution in [2.75, 3.05) is 56.5 Å². The van der Waals surface area contributed by atoms with Crippen molar-refractivity contribution in [3.63, 3.8) is 0 Å². The van der Waals surface area contributed by atoms with Gasteiger partial charge in [0, 0.05) is 67.9 Å². The Bertz CT molecular complexity index is 2170. The van der Waals surface area contributed by atoms with Crippen LogP contribution >= 0.6 is 22.9 Å². The fourth-order valence-corrected chi connectivity index (χ4v) is 8.76. The zero-order chi connectivity index (χ0) is 34.0. The van der Waals surface area contributed by atoms with Crippen molar-refractivity contribution in [2.45, 2.75) is 31.0 Å². The molecule has 16 heteroatoms. The predicted octanol–water partition coefficient (Wildman–Crippen LogP) is 5.84.